The number of methoxy groups -OCH3 is 1. The highest BCUT2D eigenvalue weighted by molar-refractivity contribution is 7.99. The largest absolute Gasteiger partial charge is 0.495 e. The Morgan fingerprint density at radius 1 is 1.21 bits per heavy atom. The van der Waals surface area contributed by atoms with Crippen molar-refractivity contribution in [1.29, 1.82) is 5.26 Å². The lowest BCUT2D eigenvalue weighted by Gasteiger charge is -2.21. The molecule has 0 aliphatic heterocycles. The third-order valence-electron chi connectivity index (χ3n) is 4.00. The van der Waals surface area contributed by atoms with Crippen LogP contribution >= 0.6 is 11.8 Å². The van der Waals surface area contributed by atoms with E-state index in [9.17, 15) is 4.79 Å². The zero-order valence-electron chi connectivity index (χ0n) is 15.4. The van der Waals surface area contributed by atoms with Gasteiger partial charge in [-0.05, 0) is 24.3 Å². The van der Waals surface area contributed by atoms with Gasteiger partial charge < -0.3 is 9.64 Å². The highest BCUT2D eigenvalue weighted by Crippen LogP contribution is 2.27. The van der Waals surface area contributed by atoms with Gasteiger partial charge in [0.05, 0.1) is 31.0 Å². The van der Waals surface area contributed by atoms with E-state index in [2.05, 4.69) is 16.3 Å². The van der Waals surface area contributed by atoms with Gasteiger partial charge in [0, 0.05) is 12.2 Å². The molecule has 0 unspecified atom stereocenters. The van der Waals surface area contributed by atoms with Gasteiger partial charge in [-0.3, -0.25) is 9.36 Å². The van der Waals surface area contributed by atoms with Gasteiger partial charge in [0.25, 0.3) is 0 Å². The molecule has 0 radical (unpaired) electrons. The molecule has 0 spiro atoms. The number of amides is 1. The molecule has 28 heavy (non-hydrogen) atoms. The summed E-state index contributed by atoms with van der Waals surface area (Å²) in [6.45, 7) is 0.346. The van der Waals surface area contributed by atoms with Gasteiger partial charge in [-0.15, -0.1) is 10.2 Å². The number of aromatic nitrogens is 3. The second-order valence-corrected chi connectivity index (χ2v) is 6.68. The first-order valence-corrected chi connectivity index (χ1v) is 9.61. The Morgan fingerprint density at radius 2 is 1.96 bits per heavy atom. The van der Waals surface area contributed by atoms with Gasteiger partial charge in [0.1, 0.15) is 12.1 Å². The van der Waals surface area contributed by atoms with E-state index in [0.717, 1.165) is 11.4 Å². The minimum atomic E-state index is -0.0963. The normalized spacial score (nSPS) is 10.3. The van der Waals surface area contributed by atoms with E-state index in [0.29, 0.717) is 17.5 Å². The number of benzene rings is 2. The lowest BCUT2D eigenvalue weighted by molar-refractivity contribution is -0.116. The van der Waals surface area contributed by atoms with Crippen molar-refractivity contribution >= 4 is 23.4 Å². The second kappa shape index (κ2) is 9.58. The summed E-state index contributed by atoms with van der Waals surface area (Å²) in [6.07, 6.45) is 1.86. The number of nitriles is 1. The Labute approximate surface area is 167 Å². The summed E-state index contributed by atoms with van der Waals surface area (Å²) >= 11 is 1.29. The van der Waals surface area contributed by atoms with Crippen LogP contribution in [0.1, 0.15) is 6.42 Å². The van der Waals surface area contributed by atoms with Gasteiger partial charge >= 0.3 is 0 Å². The number of nitrogens with zero attached hydrogens (tertiary/aromatic N) is 5. The molecule has 0 saturated carbocycles. The van der Waals surface area contributed by atoms with E-state index in [1.807, 2.05) is 54.6 Å². The van der Waals surface area contributed by atoms with Crippen molar-refractivity contribution in [3.63, 3.8) is 0 Å². The molecule has 1 aromatic heterocycles. The molecule has 0 N–H and O–H groups in total. The van der Waals surface area contributed by atoms with E-state index < -0.39 is 0 Å². The van der Waals surface area contributed by atoms with Gasteiger partial charge in [0.15, 0.2) is 5.16 Å². The molecule has 1 amide bonds. The summed E-state index contributed by atoms with van der Waals surface area (Å²) in [4.78, 5) is 14.5. The zero-order chi connectivity index (χ0) is 19.8. The molecule has 142 valence electrons. The quantitative estimate of drug-likeness (QED) is 0.546. The average Bonchev–Trinajstić information content (AvgIpc) is 3.21. The molecule has 0 atom stereocenters. The molecule has 3 rings (SSSR count). The molecule has 3 aromatic rings. The van der Waals surface area contributed by atoms with Gasteiger partial charge in [-0.1, -0.05) is 42.1 Å². The minimum Gasteiger partial charge on any atom is -0.495 e. The van der Waals surface area contributed by atoms with Crippen molar-refractivity contribution in [2.24, 2.45) is 0 Å². The number of carbonyl (C=O) groups is 1. The predicted molar refractivity (Wildman–Crippen MR) is 108 cm³/mol. The van der Waals surface area contributed by atoms with Crippen molar-refractivity contribution < 1.29 is 9.53 Å². The molecular formula is C20H19N5O2S. The zero-order valence-corrected chi connectivity index (χ0v) is 16.2. The van der Waals surface area contributed by atoms with Crippen LogP contribution in [0.3, 0.4) is 0 Å². The van der Waals surface area contributed by atoms with Gasteiger partial charge in [-0.25, -0.2) is 0 Å². The summed E-state index contributed by atoms with van der Waals surface area (Å²) in [5, 5.41) is 17.6. The van der Waals surface area contributed by atoms with Crippen molar-refractivity contribution in [3.8, 4) is 17.5 Å². The first-order valence-electron chi connectivity index (χ1n) is 8.63. The highest BCUT2D eigenvalue weighted by Gasteiger charge is 2.18. The molecule has 2 aromatic carbocycles. The lowest BCUT2D eigenvalue weighted by Crippen LogP contribution is -2.33. The summed E-state index contributed by atoms with van der Waals surface area (Å²) in [5.74, 6) is 0.769. The maximum absolute atomic E-state index is 12.8. The molecule has 7 nitrogen and oxygen atoms in total. The summed E-state index contributed by atoms with van der Waals surface area (Å²) in [6, 6.07) is 19.0. The van der Waals surface area contributed by atoms with E-state index >= 15 is 0 Å². The molecule has 0 bridgehead atoms. The van der Waals surface area contributed by atoms with Crippen LogP contribution in [0.2, 0.25) is 0 Å². The Bertz CT molecular complexity index is 968. The standard InChI is InChI=1S/C20H19N5O2S/c1-27-18-11-6-5-10-17(18)25-15-22-23-20(25)28-14-19(26)24(13-7-12-21)16-8-3-2-4-9-16/h2-6,8-11,15H,7,13-14H2,1H3. The fourth-order valence-corrected chi connectivity index (χ4v) is 3.49. The van der Waals surface area contributed by atoms with Crippen molar-refractivity contribution in [1.82, 2.24) is 14.8 Å². The van der Waals surface area contributed by atoms with Crippen LogP contribution in [0.4, 0.5) is 5.69 Å². The average molecular weight is 393 g/mol. The Morgan fingerprint density at radius 3 is 2.71 bits per heavy atom. The predicted octanol–water partition coefficient (Wildman–Crippen LogP) is 3.31. The number of carbonyl (C=O) groups excluding carboxylic acids is 1. The smallest absolute Gasteiger partial charge is 0.237 e. The second-order valence-electron chi connectivity index (χ2n) is 5.73. The molecule has 0 aliphatic rings. The topological polar surface area (TPSA) is 84.0 Å². The molecule has 0 fully saturated rings. The molecule has 0 aliphatic carbocycles. The number of rotatable bonds is 8. The maximum Gasteiger partial charge on any atom is 0.237 e. The number of hydrogen-bond acceptors (Lipinski definition) is 6. The highest BCUT2D eigenvalue weighted by atomic mass is 32.2. The third kappa shape index (κ3) is 4.50. The number of ether oxygens (including phenoxy) is 1. The summed E-state index contributed by atoms with van der Waals surface area (Å²) in [5.41, 5.74) is 1.57. The van der Waals surface area contributed by atoms with Crippen LogP contribution in [0.15, 0.2) is 66.1 Å². The van der Waals surface area contributed by atoms with Crippen LogP contribution in [-0.4, -0.2) is 40.1 Å². The van der Waals surface area contributed by atoms with Crippen LogP contribution < -0.4 is 9.64 Å². The molecule has 1 heterocycles. The number of anilines is 1. The number of hydrogen-bond donors (Lipinski definition) is 0. The Hall–Kier alpha value is -3.31. The molecule has 0 saturated heterocycles. The Balaban J connectivity index is 1.76. The third-order valence-corrected chi connectivity index (χ3v) is 4.93. The van der Waals surface area contributed by atoms with Crippen LogP contribution in [0.5, 0.6) is 5.75 Å². The van der Waals surface area contributed by atoms with E-state index in [-0.39, 0.29) is 18.1 Å². The SMILES string of the molecule is COc1ccccc1-n1cnnc1SCC(=O)N(CCC#N)c1ccccc1. The van der Waals surface area contributed by atoms with Crippen LogP contribution in [0, 0.1) is 11.3 Å². The lowest BCUT2D eigenvalue weighted by atomic mass is 10.2. The monoisotopic (exact) mass is 393 g/mol. The number of para-hydroxylation sites is 3. The van der Waals surface area contributed by atoms with Gasteiger partial charge in [0.2, 0.25) is 5.91 Å². The fraction of sp³-hybridized carbons (Fsp3) is 0.200. The first kappa shape index (κ1) is 19.5. The summed E-state index contributed by atoms with van der Waals surface area (Å²) in [7, 11) is 1.60. The fourth-order valence-electron chi connectivity index (χ4n) is 2.69. The first-order chi connectivity index (χ1) is 13.7. The maximum atomic E-state index is 12.8. The van der Waals surface area contributed by atoms with E-state index in [1.165, 1.54) is 11.8 Å². The van der Waals surface area contributed by atoms with Crippen LogP contribution in [-0.2, 0) is 4.79 Å². The van der Waals surface area contributed by atoms with Crippen molar-refractivity contribution in [3.05, 3.63) is 60.9 Å². The summed E-state index contributed by atoms with van der Waals surface area (Å²) < 4.78 is 7.19. The Kier molecular flexibility index (Phi) is 6.65. The molecular weight excluding hydrogens is 374 g/mol. The van der Waals surface area contributed by atoms with Crippen LogP contribution in [0.25, 0.3) is 5.69 Å². The van der Waals surface area contributed by atoms with Crippen molar-refractivity contribution in [2.45, 2.75) is 11.6 Å². The van der Waals surface area contributed by atoms with E-state index in [1.54, 1.807) is 22.9 Å². The molecule has 8 heteroatoms. The number of thioether (sulfide) groups is 1. The minimum absolute atomic E-state index is 0.0963. The van der Waals surface area contributed by atoms with E-state index in [4.69, 9.17) is 10.00 Å². The van der Waals surface area contributed by atoms with Gasteiger partial charge in [-0.2, -0.15) is 5.26 Å². The van der Waals surface area contributed by atoms with Crippen molar-refractivity contribution in [2.75, 3.05) is 24.3 Å².